The lowest BCUT2D eigenvalue weighted by atomic mass is 10.1. The fraction of sp³-hybridized carbons (Fsp3) is 0.909. The van der Waals surface area contributed by atoms with Crippen LogP contribution in [0.4, 0.5) is 4.79 Å². The molecule has 0 aliphatic carbocycles. The molecule has 0 aromatic rings. The molecule has 3 heteroatoms. The highest BCUT2D eigenvalue weighted by Crippen LogP contribution is 2.08. The van der Waals surface area contributed by atoms with Crippen molar-refractivity contribution in [2.24, 2.45) is 0 Å². The van der Waals surface area contributed by atoms with Crippen LogP contribution in [-0.4, -0.2) is 17.7 Å². The molecule has 0 radical (unpaired) electrons. The molecule has 0 unspecified atom stereocenters. The van der Waals surface area contributed by atoms with Gasteiger partial charge in [-0.15, -0.1) is 0 Å². The number of alkyl carbamates (subject to hydrolysis) is 1. The van der Waals surface area contributed by atoms with Gasteiger partial charge in [-0.1, -0.05) is 20.3 Å². The van der Waals surface area contributed by atoms with Crippen LogP contribution >= 0.6 is 0 Å². The molecular formula is C11H23NO2. The maximum absolute atomic E-state index is 11.4. The average molecular weight is 201 g/mol. The lowest BCUT2D eigenvalue weighted by Gasteiger charge is -2.22. The highest BCUT2D eigenvalue weighted by atomic mass is 16.6. The molecule has 3 nitrogen and oxygen atoms in total. The Bertz CT molecular complexity index is 173. The number of amides is 1. The van der Waals surface area contributed by atoms with Gasteiger partial charge in [0.25, 0.3) is 0 Å². The van der Waals surface area contributed by atoms with Crippen LogP contribution in [-0.2, 0) is 4.74 Å². The molecule has 0 spiro atoms. The Kier molecular flexibility index (Phi) is 5.58. The summed E-state index contributed by atoms with van der Waals surface area (Å²) in [7, 11) is 0. The minimum Gasteiger partial charge on any atom is -0.444 e. The molecule has 1 N–H and O–H groups in total. The molecule has 1 amide bonds. The molecule has 1 atom stereocenters. The van der Waals surface area contributed by atoms with Gasteiger partial charge in [-0.05, 0) is 33.6 Å². The highest BCUT2D eigenvalue weighted by molar-refractivity contribution is 5.68. The first kappa shape index (κ1) is 13.3. The second kappa shape index (κ2) is 5.89. The van der Waals surface area contributed by atoms with Gasteiger partial charge in [-0.3, -0.25) is 0 Å². The van der Waals surface area contributed by atoms with Gasteiger partial charge in [0.1, 0.15) is 5.60 Å². The first-order valence-electron chi connectivity index (χ1n) is 5.38. The van der Waals surface area contributed by atoms with Crippen molar-refractivity contribution in [2.45, 2.75) is 65.5 Å². The van der Waals surface area contributed by atoms with Crippen LogP contribution in [0, 0.1) is 0 Å². The topological polar surface area (TPSA) is 38.3 Å². The van der Waals surface area contributed by atoms with Crippen LogP contribution in [0.25, 0.3) is 0 Å². The molecule has 0 saturated heterocycles. The standard InChI is InChI=1S/C11H23NO2/c1-6-8-9(7-2)12-10(13)14-11(3,4)5/h9H,6-8H2,1-5H3,(H,12,13)/t9-/m0/s1. The van der Waals surface area contributed by atoms with Crippen LogP contribution in [0.3, 0.4) is 0 Å². The largest absolute Gasteiger partial charge is 0.444 e. The fourth-order valence-electron chi connectivity index (χ4n) is 1.20. The number of rotatable bonds is 4. The second-order valence-electron chi connectivity index (χ2n) is 4.54. The van der Waals surface area contributed by atoms with E-state index in [1.807, 2.05) is 20.8 Å². The summed E-state index contributed by atoms with van der Waals surface area (Å²) in [4.78, 5) is 11.4. The molecule has 0 aliphatic rings. The molecular weight excluding hydrogens is 178 g/mol. The van der Waals surface area contributed by atoms with Gasteiger partial charge >= 0.3 is 6.09 Å². The summed E-state index contributed by atoms with van der Waals surface area (Å²) in [6.45, 7) is 9.78. The molecule has 0 aromatic carbocycles. The minimum atomic E-state index is -0.408. The Morgan fingerprint density at radius 3 is 2.29 bits per heavy atom. The van der Waals surface area contributed by atoms with Gasteiger partial charge in [0.2, 0.25) is 0 Å². The SMILES string of the molecule is CCC[C@H](CC)NC(=O)OC(C)(C)C. The van der Waals surface area contributed by atoms with Crippen molar-refractivity contribution in [3.63, 3.8) is 0 Å². The minimum absolute atomic E-state index is 0.245. The summed E-state index contributed by atoms with van der Waals surface area (Å²) in [5.41, 5.74) is -0.408. The van der Waals surface area contributed by atoms with E-state index >= 15 is 0 Å². The van der Waals surface area contributed by atoms with E-state index in [2.05, 4.69) is 19.2 Å². The van der Waals surface area contributed by atoms with E-state index in [1.165, 1.54) is 0 Å². The molecule has 84 valence electrons. The Hall–Kier alpha value is -0.730. The number of carbonyl (C=O) groups excluding carboxylic acids is 1. The molecule has 14 heavy (non-hydrogen) atoms. The van der Waals surface area contributed by atoms with E-state index in [1.54, 1.807) is 0 Å². The predicted octanol–water partition coefficient (Wildman–Crippen LogP) is 3.09. The number of hydrogen-bond acceptors (Lipinski definition) is 2. The fourth-order valence-corrected chi connectivity index (χ4v) is 1.20. The van der Waals surface area contributed by atoms with Gasteiger partial charge in [0.05, 0.1) is 0 Å². The van der Waals surface area contributed by atoms with Crippen LogP contribution < -0.4 is 5.32 Å². The van der Waals surface area contributed by atoms with Crippen LogP contribution in [0.1, 0.15) is 53.9 Å². The third-order valence-corrected chi connectivity index (χ3v) is 1.85. The molecule has 0 aromatic heterocycles. The van der Waals surface area contributed by atoms with Gasteiger partial charge in [0, 0.05) is 6.04 Å². The summed E-state index contributed by atoms with van der Waals surface area (Å²) in [5, 5.41) is 2.86. The summed E-state index contributed by atoms with van der Waals surface area (Å²) in [5.74, 6) is 0. The Labute approximate surface area is 87.2 Å². The molecule has 0 heterocycles. The van der Waals surface area contributed by atoms with Gasteiger partial charge < -0.3 is 10.1 Å². The summed E-state index contributed by atoms with van der Waals surface area (Å²) < 4.78 is 5.17. The van der Waals surface area contributed by atoms with Crippen molar-refractivity contribution in [2.75, 3.05) is 0 Å². The van der Waals surface area contributed by atoms with Crippen molar-refractivity contribution in [1.82, 2.24) is 5.32 Å². The van der Waals surface area contributed by atoms with Gasteiger partial charge in [0.15, 0.2) is 0 Å². The lowest BCUT2D eigenvalue weighted by Crippen LogP contribution is -2.38. The first-order chi connectivity index (χ1) is 6.39. The summed E-state index contributed by atoms with van der Waals surface area (Å²) in [6, 6.07) is 0.245. The van der Waals surface area contributed by atoms with Crippen LogP contribution in [0.5, 0.6) is 0 Å². The van der Waals surface area contributed by atoms with E-state index in [0.717, 1.165) is 19.3 Å². The zero-order valence-electron chi connectivity index (χ0n) is 10.0. The Morgan fingerprint density at radius 1 is 1.36 bits per heavy atom. The van der Waals surface area contributed by atoms with Gasteiger partial charge in [-0.2, -0.15) is 0 Å². The Morgan fingerprint density at radius 2 is 1.93 bits per heavy atom. The van der Waals surface area contributed by atoms with Crippen molar-refractivity contribution < 1.29 is 9.53 Å². The quantitative estimate of drug-likeness (QED) is 0.759. The lowest BCUT2D eigenvalue weighted by molar-refractivity contribution is 0.0500. The molecule has 0 fully saturated rings. The number of ether oxygens (including phenoxy) is 1. The predicted molar refractivity (Wildman–Crippen MR) is 58.4 cm³/mol. The second-order valence-corrected chi connectivity index (χ2v) is 4.54. The van der Waals surface area contributed by atoms with Crippen molar-refractivity contribution in [3.8, 4) is 0 Å². The zero-order valence-corrected chi connectivity index (χ0v) is 10.0. The average Bonchev–Trinajstić information content (AvgIpc) is 2.00. The molecule has 0 bridgehead atoms. The molecule has 0 rings (SSSR count). The number of hydrogen-bond donors (Lipinski definition) is 1. The van der Waals surface area contributed by atoms with Crippen LogP contribution in [0.15, 0.2) is 0 Å². The third kappa shape index (κ3) is 6.75. The Balaban J connectivity index is 3.91. The van der Waals surface area contributed by atoms with E-state index in [0.29, 0.717) is 0 Å². The van der Waals surface area contributed by atoms with Gasteiger partial charge in [-0.25, -0.2) is 4.79 Å². The molecule has 0 saturated carbocycles. The van der Waals surface area contributed by atoms with Crippen molar-refractivity contribution in [1.29, 1.82) is 0 Å². The van der Waals surface area contributed by atoms with E-state index in [9.17, 15) is 4.79 Å². The maximum Gasteiger partial charge on any atom is 0.407 e. The van der Waals surface area contributed by atoms with Crippen molar-refractivity contribution >= 4 is 6.09 Å². The third-order valence-electron chi connectivity index (χ3n) is 1.85. The summed E-state index contributed by atoms with van der Waals surface area (Å²) >= 11 is 0. The first-order valence-corrected chi connectivity index (χ1v) is 5.38. The normalized spacial score (nSPS) is 13.5. The van der Waals surface area contributed by atoms with Crippen molar-refractivity contribution in [3.05, 3.63) is 0 Å². The number of carbonyl (C=O) groups is 1. The van der Waals surface area contributed by atoms with Crippen LogP contribution in [0.2, 0.25) is 0 Å². The van der Waals surface area contributed by atoms with E-state index in [-0.39, 0.29) is 12.1 Å². The highest BCUT2D eigenvalue weighted by Gasteiger charge is 2.17. The number of nitrogens with one attached hydrogen (secondary N) is 1. The zero-order chi connectivity index (χ0) is 11.2. The smallest absolute Gasteiger partial charge is 0.407 e. The van der Waals surface area contributed by atoms with E-state index < -0.39 is 5.60 Å². The van der Waals surface area contributed by atoms with E-state index in [4.69, 9.17) is 4.74 Å². The molecule has 0 aliphatic heterocycles. The maximum atomic E-state index is 11.4. The summed E-state index contributed by atoms with van der Waals surface area (Å²) in [6.07, 6.45) is 2.73. The monoisotopic (exact) mass is 201 g/mol.